The van der Waals surface area contributed by atoms with Gasteiger partial charge in [0.05, 0.1) is 23.9 Å². The summed E-state index contributed by atoms with van der Waals surface area (Å²) in [5.74, 6) is -4.52. The van der Waals surface area contributed by atoms with Gasteiger partial charge in [-0.05, 0) is 48.5 Å². The molecule has 35 heavy (non-hydrogen) atoms. The smallest absolute Gasteiger partial charge is 0.457 e. The average molecular weight is 518 g/mol. The summed E-state index contributed by atoms with van der Waals surface area (Å²) in [4.78, 5) is 25.9. The van der Waals surface area contributed by atoms with Crippen LogP contribution in [-0.4, -0.2) is 68.8 Å². The Labute approximate surface area is 198 Å². The third-order valence-corrected chi connectivity index (χ3v) is 6.67. The lowest BCUT2D eigenvalue weighted by Gasteiger charge is -2.29. The monoisotopic (exact) mass is 518 g/mol. The van der Waals surface area contributed by atoms with Crippen LogP contribution in [0.25, 0.3) is 0 Å². The summed E-state index contributed by atoms with van der Waals surface area (Å²) in [7, 11) is -4.14. The molecule has 2 aromatic carbocycles. The number of nitrogens with one attached hydrogen (secondary N) is 1. The van der Waals surface area contributed by atoms with Crippen LogP contribution >= 0.6 is 0 Å². The van der Waals surface area contributed by atoms with E-state index in [1.54, 1.807) is 0 Å². The second kappa shape index (κ2) is 10.9. The molecule has 1 aliphatic heterocycles. The van der Waals surface area contributed by atoms with Crippen molar-refractivity contribution in [2.45, 2.75) is 11.3 Å². The Bertz CT molecular complexity index is 1130. The Morgan fingerprint density at radius 3 is 2.03 bits per heavy atom. The van der Waals surface area contributed by atoms with E-state index in [0.29, 0.717) is 0 Å². The maximum Gasteiger partial charge on any atom is 0.573 e. The molecule has 0 spiro atoms. The fraction of sp³-hybridized carbons (Fsp3) is 0.333. The number of hydroxylamine groups is 1. The van der Waals surface area contributed by atoms with Gasteiger partial charge < -0.3 is 19.1 Å². The van der Waals surface area contributed by atoms with Crippen LogP contribution in [0.3, 0.4) is 0 Å². The summed E-state index contributed by atoms with van der Waals surface area (Å²) in [6, 6.07) is 9.58. The highest BCUT2D eigenvalue weighted by atomic mass is 32.2. The van der Waals surface area contributed by atoms with Crippen molar-refractivity contribution in [3.8, 4) is 17.2 Å². The summed E-state index contributed by atoms with van der Waals surface area (Å²) >= 11 is 0. The predicted octanol–water partition coefficient (Wildman–Crippen LogP) is 2.13. The fourth-order valence-corrected chi connectivity index (χ4v) is 4.69. The molecule has 0 aromatic heterocycles. The first-order valence-electron chi connectivity index (χ1n) is 10.2. The summed E-state index contributed by atoms with van der Waals surface area (Å²) in [5, 5.41) is 9.00. The van der Waals surface area contributed by atoms with Crippen molar-refractivity contribution in [2.24, 2.45) is 5.92 Å². The number of nitrogens with zero attached hydrogens (tertiary/aromatic N) is 1. The normalized spacial score (nSPS) is 15.3. The highest BCUT2D eigenvalue weighted by Gasteiger charge is 2.36. The lowest BCUT2D eigenvalue weighted by atomic mass is 10.1. The highest BCUT2D eigenvalue weighted by molar-refractivity contribution is 7.91. The zero-order chi connectivity index (χ0) is 25.6. The van der Waals surface area contributed by atoms with Crippen molar-refractivity contribution in [1.29, 1.82) is 0 Å². The summed E-state index contributed by atoms with van der Waals surface area (Å²) in [6.45, 7) is 0.851. The first-order valence-corrected chi connectivity index (χ1v) is 11.8. The van der Waals surface area contributed by atoms with Crippen LogP contribution in [0.15, 0.2) is 53.4 Å². The van der Waals surface area contributed by atoms with E-state index in [-0.39, 0.29) is 42.7 Å². The van der Waals surface area contributed by atoms with Crippen molar-refractivity contribution >= 4 is 21.7 Å². The van der Waals surface area contributed by atoms with Gasteiger partial charge in [0.15, 0.2) is 9.84 Å². The largest absolute Gasteiger partial charge is 0.573 e. The molecule has 0 aliphatic carbocycles. The van der Waals surface area contributed by atoms with Gasteiger partial charge in [0, 0.05) is 13.1 Å². The highest BCUT2D eigenvalue weighted by Crippen LogP contribution is 2.28. The van der Waals surface area contributed by atoms with Crippen LogP contribution in [-0.2, 0) is 24.2 Å². The van der Waals surface area contributed by atoms with Crippen LogP contribution < -0.4 is 15.0 Å². The van der Waals surface area contributed by atoms with Gasteiger partial charge >= 0.3 is 6.36 Å². The number of hydrogen-bond donors (Lipinski definition) is 2. The van der Waals surface area contributed by atoms with Crippen LogP contribution in [0.5, 0.6) is 17.2 Å². The molecule has 0 saturated carbocycles. The topological polar surface area (TPSA) is 131 Å². The predicted molar refractivity (Wildman–Crippen MR) is 113 cm³/mol. The molecule has 1 heterocycles. The number of hydrogen-bond acceptors (Lipinski definition) is 8. The van der Waals surface area contributed by atoms with Gasteiger partial charge in [-0.2, -0.15) is 0 Å². The Kier molecular flexibility index (Phi) is 8.19. The number of rotatable bonds is 8. The molecule has 10 nitrogen and oxygen atoms in total. The summed E-state index contributed by atoms with van der Waals surface area (Å²) < 4.78 is 76.9. The Balaban J connectivity index is 1.69. The van der Waals surface area contributed by atoms with Gasteiger partial charge in [-0.25, -0.2) is 13.9 Å². The zero-order valence-corrected chi connectivity index (χ0v) is 18.8. The molecular weight excluding hydrogens is 497 g/mol. The van der Waals surface area contributed by atoms with Crippen LogP contribution in [0.2, 0.25) is 0 Å². The molecule has 1 unspecified atom stereocenters. The minimum Gasteiger partial charge on any atom is -0.457 e. The van der Waals surface area contributed by atoms with Gasteiger partial charge in [0.2, 0.25) is 5.91 Å². The first kappa shape index (κ1) is 26.2. The van der Waals surface area contributed by atoms with Gasteiger partial charge in [-0.15, -0.1) is 13.2 Å². The maximum atomic E-state index is 12.9. The number of ether oxygens (including phenoxy) is 3. The molecule has 1 saturated heterocycles. The quantitative estimate of drug-likeness (QED) is 0.309. The molecule has 2 aromatic rings. The van der Waals surface area contributed by atoms with Crippen molar-refractivity contribution < 1.29 is 50.6 Å². The lowest BCUT2D eigenvalue weighted by molar-refractivity contribution is -0.274. The van der Waals surface area contributed by atoms with Crippen molar-refractivity contribution in [1.82, 2.24) is 10.4 Å². The van der Waals surface area contributed by atoms with E-state index in [4.69, 9.17) is 14.7 Å². The molecule has 0 bridgehead atoms. The third-order valence-electron chi connectivity index (χ3n) is 4.91. The molecule has 2 N–H and O–H groups in total. The Morgan fingerprint density at radius 2 is 1.51 bits per heavy atom. The number of carbonyl (C=O) groups excluding carboxylic acids is 2. The minimum atomic E-state index is -4.83. The van der Waals surface area contributed by atoms with E-state index in [2.05, 4.69) is 4.74 Å². The number of benzene rings is 2. The van der Waals surface area contributed by atoms with E-state index < -0.39 is 45.4 Å². The third kappa shape index (κ3) is 7.31. The zero-order valence-electron chi connectivity index (χ0n) is 18.0. The number of amides is 2. The van der Waals surface area contributed by atoms with Crippen LogP contribution in [0.1, 0.15) is 0 Å². The second-order valence-corrected chi connectivity index (χ2v) is 9.37. The standard InChI is InChI=1S/C21H21F3N2O8S/c22-21(23,24)34-16-3-1-14(2-4-16)33-15-5-7-17(8-6-15)35(30,31)13-18(19(27)25-29)20(28)26-9-11-32-12-10-26/h1-8,18,29H,9-13H2,(H,25,27). The van der Waals surface area contributed by atoms with Crippen LogP contribution in [0, 0.1) is 5.92 Å². The molecule has 14 heteroatoms. The molecule has 1 atom stereocenters. The van der Waals surface area contributed by atoms with Gasteiger partial charge in [-0.3, -0.25) is 14.8 Å². The number of halogens is 3. The van der Waals surface area contributed by atoms with Crippen molar-refractivity contribution in [2.75, 3.05) is 32.1 Å². The molecule has 0 radical (unpaired) electrons. The molecular formula is C21H21F3N2O8S. The Hall–Kier alpha value is -3.36. The average Bonchev–Trinajstić information content (AvgIpc) is 2.83. The molecule has 1 aliphatic rings. The number of sulfone groups is 1. The Morgan fingerprint density at radius 1 is 1.00 bits per heavy atom. The lowest BCUT2D eigenvalue weighted by Crippen LogP contribution is -2.49. The molecule has 2 amide bonds. The summed E-state index contributed by atoms with van der Waals surface area (Å²) in [6.07, 6.45) is -4.83. The van der Waals surface area contributed by atoms with Crippen LogP contribution in [0.4, 0.5) is 13.2 Å². The van der Waals surface area contributed by atoms with Gasteiger partial charge in [0.1, 0.15) is 23.2 Å². The van der Waals surface area contributed by atoms with E-state index >= 15 is 0 Å². The maximum absolute atomic E-state index is 12.9. The SMILES string of the molecule is O=C(NO)C(CS(=O)(=O)c1ccc(Oc2ccc(OC(F)(F)F)cc2)cc1)C(=O)N1CCOCC1. The molecule has 190 valence electrons. The van der Waals surface area contributed by atoms with Crippen molar-refractivity contribution in [3.05, 3.63) is 48.5 Å². The first-order chi connectivity index (χ1) is 16.5. The second-order valence-electron chi connectivity index (χ2n) is 7.34. The number of morpholine rings is 1. The fourth-order valence-electron chi connectivity index (χ4n) is 3.22. The summed E-state index contributed by atoms with van der Waals surface area (Å²) in [5.41, 5.74) is 1.34. The van der Waals surface area contributed by atoms with Crippen molar-refractivity contribution in [3.63, 3.8) is 0 Å². The van der Waals surface area contributed by atoms with E-state index in [0.717, 1.165) is 12.1 Å². The van der Waals surface area contributed by atoms with E-state index in [9.17, 15) is 31.2 Å². The minimum absolute atomic E-state index is 0.172. The number of carbonyl (C=O) groups is 2. The molecule has 3 rings (SSSR count). The molecule has 1 fully saturated rings. The van der Waals surface area contributed by atoms with E-state index in [1.165, 1.54) is 46.8 Å². The number of alkyl halides is 3. The van der Waals surface area contributed by atoms with Gasteiger partial charge in [-0.1, -0.05) is 0 Å². The van der Waals surface area contributed by atoms with E-state index in [1.807, 2.05) is 0 Å². The van der Waals surface area contributed by atoms with Gasteiger partial charge in [0.25, 0.3) is 5.91 Å².